The minimum atomic E-state index is -0.0599. The van der Waals surface area contributed by atoms with E-state index in [0.29, 0.717) is 24.3 Å². The van der Waals surface area contributed by atoms with E-state index in [9.17, 15) is 9.59 Å². The van der Waals surface area contributed by atoms with E-state index in [4.69, 9.17) is 5.73 Å². The van der Waals surface area contributed by atoms with Crippen molar-refractivity contribution >= 4 is 17.5 Å². The van der Waals surface area contributed by atoms with Crippen molar-refractivity contribution in [2.75, 3.05) is 18.4 Å². The number of rotatable bonds is 5. The Kier molecular flexibility index (Phi) is 6.16. The van der Waals surface area contributed by atoms with E-state index in [0.717, 1.165) is 25.7 Å². The van der Waals surface area contributed by atoms with Crippen molar-refractivity contribution in [3.05, 3.63) is 29.8 Å². The molecule has 1 aliphatic rings. The highest BCUT2D eigenvalue weighted by molar-refractivity contribution is 6.04. The molecule has 3 N–H and O–H groups in total. The third-order valence-corrected chi connectivity index (χ3v) is 4.55. The maximum atomic E-state index is 12.6. The van der Waals surface area contributed by atoms with E-state index >= 15 is 0 Å². The van der Waals surface area contributed by atoms with Crippen LogP contribution in [-0.2, 0) is 4.79 Å². The van der Waals surface area contributed by atoms with Crippen LogP contribution in [0.25, 0.3) is 0 Å². The Morgan fingerprint density at radius 3 is 2.57 bits per heavy atom. The molecule has 0 aliphatic heterocycles. The molecule has 0 bridgehead atoms. The standard InChI is InChI=1S/C18H27N3O2/c1-3-21(4-2)18(23)15-10-5-6-11-16(15)20-17(22)13-8-7-9-14(19)12-13/h5-6,10-11,13-14H,3-4,7-9,12,19H2,1-2H3,(H,20,22). The molecule has 0 aromatic heterocycles. The zero-order valence-electron chi connectivity index (χ0n) is 14.0. The largest absolute Gasteiger partial charge is 0.339 e. The number of nitrogens with zero attached hydrogens (tertiary/aromatic N) is 1. The maximum Gasteiger partial charge on any atom is 0.255 e. The van der Waals surface area contributed by atoms with E-state index < -0.39 is 0 Å². The van der Waals surface area contributed by atoms with Crippen LogP contribution in [0.15, 0.2) is 24.3 Å². The number of benzene rings is 1. The van der Waals surface area contributed by atoms with Gasteiger partial charge in [0.05, 0.1) is 11.3 Å². The molecule has 126 valence electrons. The summed E-state index contributed by atoms with van der Waals surface area (Å²) in [4.78, 5) is 26.8. The molecule has 1 fully saturated rings. The Morgan fingerprint density at radius 1 is 1.22 bits per heavy atom. The molecule has 2 rings (SSSR count). The molecule has 5 heteroatoms. The summed E-state index contributed by atoms with van der Waals surface area (Å²) in [5.41, 5.74) is 7.11. The average molecular weight is 317 g/mol. The summed E-state index contributed by atoms with van der Waals surface area (Å²) < 4.78 is 0. The van der Waals surface area contributed by atoms with Crippen molar-refractivity contribution in [2.24, 2.45) is 11.7 Å². The van der Waals surface area contributed by atoms with Gasteiger partial charge < -0.3 is 16.0 Å². The molecule has 23 heavy (non-hydrogen) atoms. The fourth-order valence-corrected chi connectivity index (χ4v) is 3.16. The van der Waals surface area contributed by atoms with Gasteiger partial charge in [-0.3, -0.25) is 9.59 Å². The van der Waals surface area contributed by atoms with Gasteiger partial charge in [-0.25, -0.2) is 0 Å². The van der Waals surface area contributed by atoms with Gasteiger partial charge in [0, 0.05) is 25.0 Å². The van der Waals surface area contributed by atoms with Gasteiger partial charge in [0.25, 0.3) is 5.91 Å². The van der Waals surface area contributed by atoms with Crippen molar-refractivity contribution in [3.63, 3.8) is 0 Å². The van der Waals surface area contributed by atoms with E-state index in [1.807, 2.05) is 26.0 Å². The van der Waals surface area contributed by atoms with Crippen LogP contribution in [0, 0.1) is 5.92 Å². The highest BCUT2D eigenvalue weighted by Crippen LogP contribution is 2.25. The van der Waals surface area contributed by atoms with E-state index in [1.54, 1.807) is 17.0 Å². The second-order valence-corrected chi connectivity index (χ2v) is 6.14. The molecule has 5 nitrogen and oxygen atoms in total. The quantitative estimate of drug-likeness (QED) is 0.876. The molecule has 0 saturated heterocycles. The predicted octanol–water partition coefficient (Wildman–Crippen LogP) is 2.62. The SMILES string of the molecule is CCN(CC)C(=O)c1ccccc1NC(=O)C1CCCC(N)C1. The van der Waals surface area contributed by atoms with E-state index in [-0.39, 0.29) is 23.8 Å². The lowest BCUT2D eigenvalue weighted by molar-refractivity contribution is -0.120. The summed E-state index contributed by atoms with van der Waals surface area (Å²) in [5, 5.41) is 2.94. The number of hydrogen-bond acceptors (Lipinski definition) is 3. The number of carbonyl (C=O) groups excluding carboxylic acids is 2. The molecular weight excluding hydrogens is 290 g/mol. The number of amides is 2. The summed E-state index contributed by atoms with van der Waals surface area (Å²) in [6.07, 6.45) is 3.56. The molecule has 1 aromatic rings. The van der Waals surface area contributed by atoms with Crippen LogP contribution in [0.2, 0.25) is 0 Å². The van der Waals surface area contributed by atoms with Gasteiger partial charge in [-0.15, -0.1) is 0 Å². The lowest BCUT2D eigenvalue weighted by Gasteiger charge is -2.26. The Bertz CT molecular complexity index is 555. The Balaban J connectivity index is 2.14. The fourth-order valence-electron chi connectivity index (χ4n) is 3.16. The van der Waals surface area contributed by atoms with Crippen LogP contribution in [0.3, 0.4) is 0 Å². The van der Waals surface area contributed by atoms with Crippen LogP contribution < -0.4 is 11.1 Å². The van der Waals surface area contributed by atoms with Crippen LogP contribution in [0.5, 0.6) is 0 Å². The molecule has 0 heterocycles. The zero-order valence-corrected chi connectivity index (χ0v) is 14.0. The van der Waals surface area contributed by atoms with Crippen molar-refractivity contribution in [2.45, 2.75) is 45.6 Å². The first-order valence-electron chi connectivity index (χ1n) is 8.51. The summed E-state index contributed by atoms with van der Waals surface area (Å²) in [6.45, 7) is 5.20. The van der Waals surface area contributed by atoms with Gasteiger partial charge in [-0.05, 0) is 45.2 Å². The van der Waals surface area contributed by atoms with Gasteiger partial charge in [-0.2, -0.15) is 0 Å². The summed E-state index contributed by atoms with van der Waals surface area (Å²) >= 11 is 0. The van der Waals surface area contributed by atoms with Gasteiger partial charge >= 0.3 is 0 Å². The van der Waals surface area contributed by atoms with Crippen LogP contribution in [-0.4, -0.2) is 35.8 Å². The first-order valence-corrected chi connectivity index (χ1v) is 8.51. The molecular formula is C18H27N3O2. The van der Waals surface area contributed by atoms with Gasteiger partial charge in [-0.1, -0.05) is 18.6 Å². The summed E-state index contributed by atoms with van der Waals surface area (Å²) in [6, 6.07) is 7.32. The second kappa shape index (κ2) is 8.11. The Morgan fingerprint density at radius 2 is 1.91 bits per heavy atom. The van der Waals surface area contributed by atoms with E-state index in [2.05, 4.69) is 5.32 Å². The van der Waals surface area contributed by atoms with Crippen molar-refractivity contribution in [3.8, 4) is 0 Å². The first kappa shape index (κ1) is 17.5. The number of carbonyl (C=O) groups is 2. The van der Waals surface area contributed by atoms with Crippen LogP contribution >= 0.6 is 0 Å². The minimum absolute atomic E-state index is 0.0278. The molecule has 1 aliphatic carbocycles. The highest BCUT2D eigenvalue weighted by atomic mass is 16.2. The second-order valence-electron chi connectivity index (χ2n) is 6.14. The Labute approximate surface area is 138 Å². The minimum Gasteiger partial charge on any atom is -0.339 e. The number of anilines is 1. The summed E-state index contributed by atoms with van der Waals surface area (Å²) in [5.74, 6) is -0.137. The molecule has 0 spiro atoms. The number of nitrogens with one attached hydrogen (secondary N) is 1. The lowest BCUT2D eigenvalue weighted by atomic mass is 9.85. The monoisotopic (exact) mass is 317 g/mol. The number of para-hydroxylation sites is 1. The highest BCUT2D eigenvalue weighted by Gasteiger charge is 2.26. The predicted molar refractivity (Wildman–Crippen MR) is 92.3 cm³/mol. The van der Waals surface area contributed by atoms with Gasteiger partial charge in [0.1, 0.15) is 0 Å². The van der Waals surface area contributed by atoms with Crippen molar-refractivity contribution in [1.29, 1.82) is 0 Å². The molecule has 2 atom stereocenters. The van der Waals surface area contributed by atoms with Gasteiger partial charge in [0.15, 0.2) is 0 Å². The van der Waals surface area contributed by atoms with E-state index in [1.165, 1.54) is 0 Å². The lowest BCUT2D eigenvalue weighted by Crippen LogP contribution is -2.35. The topological polar surface area (TPSA) is 75.4 Å². The van der Waals surface area contributed by atoms with Crippen molar-refractivity contribution < 1.29 is 9.59 Å². The third-order valence-electron chi connectivity index (χ3n) is 4.55. The van der Waals surface area contributed by atoms with Crippen LogP contribution in [0.4, 0.5) is 5.69 Å². The maximum absolute atomic E-state index is 12.6. The number of hydrogen-bond donors (Lipinski definition) is 2. The zero-order chi connectivity index (χ0) is 16.8. The first-order chi connectivity index (χ1) is 11.1. The molecule has 1 aromatic carbocycles. The van der Waals surface area contributed by atoms with Crippen molar-refractivity contribution in [1.82, 2.24) is 4.90 Å². The molecule has 2 unspecified atom stereocenters. The molecule has 0 radical (unpaired) electrons. The average Bonchev–Trinajstić information content (AvgIpc) is 2.56. The smallest absolute Gasteiger partial charge is 0.255 e. The van der Waals surface area contributed by atoms with Gasteiger partial charge in [0.2, 0.25) is 5.91 Å². The molecule has 1 saturated carbocycles. The normalized spacial score (nSPS) is 20.8. The third kappa shape index (κ3) is 4.32. The molecule has 2 amide bonds. The fraction of sp³-hybridized carbons (Fsp3) is 0.556. The number of nitrogens with two attached hydrogens (primary N) is 1. The Hall–Kier alpha value is -1.88. The summed E-state index contributed by atoms with van der Waals surface area (Å²) in [7, 11) is 0. The van der Waals surface area contributed by atoms with Crippen LogP contribution in [0.1, 0.15) is 49.9 Å².